The zero-order chi connectivity index (χ0) is 28.7. The Kier molecular flexibility index (Phi) is 10.1. The van der Waals surface area contributed by atoms with Crippen molar-refractivity contribution < 1.29 is 32.3 Å². The number of sulfonamides is 1. The van der Waals surface area contributed by atoms with E-state index in [4.69, 9.17) is 4.74 Å². The maximum atomic E-state index is 13.5. The summed E-state index contributed by atoms with van der Waals surface area (Å²) < 4.78 is 33.0. The molecule has 1 aliphatic heterocycles. The van der Waals surface area contributed by atoms with Crippen molar-refractivity contribution in [3.8, 4) is 5.75 Å². The summed E-state index contributed by atoms with van der Waals surface area (Å²) in [6.45, 7) is 1.80. The molecule has 2 N–H and O–H groups in total. The number of pyridine rings is 1. The number of rotatable bonds is 10. The zero-order valence-corrected chi connectivity index (χ0v) is 24.2. The maximum Gasteiger partial charge on any atom is 0.323 e. The van der Waals surface area contributed by atoms with Gasteiger partial charge in [0.2, 0.25) is 5.91 Å². The third-order valence-electron chi connectivity index (χ3n) is 7.38. The minimum atomic E-state index is -4.20. The Hall–Kier alpha value is -3.03. The number of ether oxygens (including phenoxy) is 1. The van der Waals surface area contributed by atoms with Crippen LogP contribution in [0.25, 0.3) is 0 Å². The lowest BCUT2D eigenvalue weighted by Gasteiger charge is -2.28. The van der Waals surface area contributed by atoms with E-state index >= 15 is 0 Å². The average Bonchev–Trinajstić information content (AvgIpc) is 3.32. The number of amides is 2. The molecule has 40 heavy (non-hydrogen) atoms. The predicted molar refractivity (Wildman–Crippen MR) is 148 cm³/mol. The van der Waals surface area contributed by atoms with Crippen LogP contribution in [0, 0.1) is 11.1 Å². The highest BCUT2D eigenvalue weighted by Gasteiger charge is 2.37. The largest absolute Gasteiger partial charge is 0.618 e. The molecule has 1 unspecified atom stereocenters. The van der Waals surface area contributed by atoms with Gasteiger partial charge in [0.05, 0.1) is 19.2 Å². The number of hydrogen-bond acceptors (Lipinski definition) is 8. The molecule has 0 bridgehead atoms. The van der Waals surface area contributed by atoms with Gasteiger partial charge in [-0.15, -0.1) is 11.3 Å². The minimum absolute atomic E-state index is 0.0379. The summed E-state index contributed by atoms with van der Waals surface area (Å²) in [4.78, 5) is 40.2. The summed E-state index contributed by atoms with van der Waals surface area (Å²) in [7, 11) is -4.20. The third kappa shape index (κ3) is 7.18. The van der Waals surface area contributed by atoms with Crippen molar-refractivity contribution in [2.45, 2.75) is 75.4 Å². The molecule has 218 valence electrons. The zero-order valence-electron chi connectivity index (χ0n) is 22.5. The van der Waals surface area contributed by atoms with E-state index in [1.165, 1.54) is 29.5 Å². The van der Waals surface area contributed by atoms with Gasteiger partial charge in [-0.1, -0.05) is 32.1 Å². The molecule has 2 amide bonds. The second-order valence-electron chi connectivity index (χ2n) is 10.2. The van der Waals surface area contributed by atoms with Gasteiger partial charge in [-0.3, -0.25) is 14.4 Å². The summed E-state index contributed by atoms with van der Waals surface area (Å²) in [5.74, 6) is -0.617. The summed E-state index contributed by atoms with van der Waals surface area (Å²) in [5, 5.41) is 19.0. The lowest BCUT2D eigenvalue weighted by molar-refractivity contribution is -0.646. The first-order valence-electron chi connectivity index (χ1n) is 13.7. The molecule has 2 aromatic rings. The smallest absolute Gasteiger partial charge is 0.323 e. The van der Waals surface area contributed by atoms with E-state index in [-0.39, 0.29) is 23.6 Å². The predicted octanol–water partition coefficient (Wildman–Crippen LogP) is 2.39. The van der Waals surface area contributed by atoms with Crippen LogP contribution in [0.4, 0.5) is 0 Å². The van der Waals surface area contributed by atoms with Crippen LogP contribution in [0.3, 0.4) is 0 Å². The molecule has 2 fully saturated rings. The van der Waals surface area contributed by atoms with Crippen molar-refractivity contribution in [1.82, 2.24) is 14.9 Å². The summed E-state index contributed by atoms with van der Waals surface area (Å²) in [6.07, 6.45) is 7.33. The summed E-state index contributed by atoms with van der Waals surface area (Å²) in [5.41, 5.74) is 0. The maximum absolute atomic E-state index is 13.5. The van der Waals surface area contributed by atoms with Crippen molar-refractivity contribution in [3.05, 3.63) is 45.9 Å². The molecule has 1 saturated heterocycles. The van der Waals surface area contributed by atoms with Gasteiger partial charge in [-0.05, 0) is 49.6 Å². The van der Waals surface area contributed by atoms with Crippen molar-refractivity contribution in [2.75, 3.05) is 19.7 Å². The molecule has 3 heterocycles. The van der Waals surface area contributed by atoms with Crippen LogP contribution in [-0.2, 0) is 19.6 Å². The second-order valence-corrected chi connectivity index (χ2v) is 13.0. The summed E-state index contributed by atoms with van der Waals surface area (Å²) >= 11 is 1.23. The van der Waals surface area contributed by atoms with Crippen LogP contribution < -0.4 is 20.1 Å². The second kappa shape index (κ2) is 13.6. The number of ketones is 1. The molecule has 0 aromatic carbocycles. The van der Waals surface area contributed by atoms with E-state index in [0.29, 0.717) is 30.1 Å². The molecule has 1 saturated carbocycles. The van der Waals surface area contributed by atoms with Crippen molar-refractivity contribution in [3.63, 3.8) is 0 Å². The van der Waals surface area contributed by atoms with E-state index in [2.05, 4.69) is 10.6 Å². The van der Waals surface area contributed by atoms with Crippen LogP contribution in [0.15, 0.2) is 40.9 Å². The van der Waals surface area contributed by atoms with E-state index < -0.39 is 51.3 Å². The minimum Gasteiger partial charge on any atom is -0.618 e. The Morgan fingerprint density at radius 3 is 2.67 bits per heavy atom. The number of Topliss-reactive ketones (excluding diaryl/α,β-unsaturated/α-hetero) is 1. The van der Waals surface area contributed by atoms with Gasteiger partial charge < -0.3 is 20.6 Å². The Morgan fingerprint density at radius 1 is 1.18 bits per heavy atom. The number of aromatic nitrogens is 1. The van der Waals surface area contributed by atoms with Crippen LogP contribution >= 0.6 is 11.3 Å². The Morgan fingerprint density at radius 2 is 1.95 bits per heavy atom. The fourth-order valence-corrected chi connectivity index (χ4v) is 7.52. The first-order chi connectivity index (χ1) is 19.2. The van der Waals surface area contributed by atoms with Crippen molar-refractivity contribution in [1.29, 1.82) is 0 Å². The van der Waals surface area contributed by atoms with E-state index in [1.807, 2.05) is 6.92 Å². The number of carbonyl (C=O) groups excluding carboxylic acids is 3. The van der Waals surface area contributed by atoms with Crippen molar-refractivity contribution >= 4 is 39.0 Å². The van der Waals surface area contributed by atoms with Crippen LogP contribution in [-0.4, -0.2) is 62.1 Å². The highest BCUT2D eigenvalue weighted by Crippen LogP contribution is 2.29. The van der Waals surface area contributed by atoms with E-state index in [9.17, 15) is 28.0 Å². The fraction of sp³-hybridized carbons (Fsp3) is 0.556. The molecular formula is C27H36N4O7S2. The Balaban J connectivity index is 1.46. The molecule has 0 spiro atoms. The van der Waals surface area contributed by atoms with Gasteiger partial charge in [0.1, 0.15) is 16.7 Å². The topological polar surface area (TPSA) is 149 Å². The molecule has 2 aromatic heterocycles. The monoisotopic (exact) mass is 592 g/mol. The Labute approximate surface area is 238 Å². The molecule has 2 aliphatic rings. The fourth-order valence-electron chi connectivity index (χ4n) is 5.31. The number of hydrogen-bond donors (Lipinski definition) is 2. The normalized spacial score (nSPS) is 19.9. The SMILES string of the molecule is CCOc1ccsc1C(=O)NC(CC1CCCCC1)C(=O)N[C@H]1CCCN(S(=O)(=O)c2cccc[n+]2[O-])CC1=O. The first kappa shape index (κ1) is 29.9. The molecule has 1 aliphatic carbocycles. The van der Waals surface area contributed by atoms with E-state index in [0.717, 1.165) is 42.6 Å². The standard InChI is InChI=1S/C27H36N4O7S2/c1-2-38-23-13-16-39-25(23)27(34)29-21(17-19-9-4-3-5-10-19)26(33)28-20-11-8-14-30(18-22(20)32)40(36,37)24-12-6-7-15-31(24)35/h6-7,12-13,15-16,19-21H,2-5,8-11,14,17-18H2,1H3,(H,28,33)(H,29,34)/t20-,21?/m0/s1. The number of carbonyl (C=O) groups is 3. The van der Waals surface area contributed by atoms with Crippen LogP contribution in [0.2, 0.25) is 0 Å². The highest BCUT2D eigenvalue weighted by atomic mass is 32.2. The molecule has 13 heteroatoms. The summed E-state index contributed by atoms with van der Waals surface area (Å²) in [6, 6.07) is 4.01. The van der Waals surface area contributed by atoms with Gasteiger partial charge in [0.25, 0.3) is 5.91 Å². The lowest BCUT2D eigenvalue weighted by atomic mass is 9.84. The van der Waals surface area contributed by atoms with Crippen LogP contribution in [0.5, 0.6) is 5.75 Å². The Bertz CT molecular complexity index is 1310. The lowest BCUT2D eigenvalue weighted by Crippen LogP contribution is -2.53. The molecular weight excluding hydrogens is 556 g/mol. The van der Waals surface area contributed by atoms with Crippen molar-refractivity contribution in [2.24, 2.45) is 5.92 Å². The molecule has 4 rings (SSSR count). The van der Waals surface area contributed by atoms with Gasteiger partial charge in [-0.2, -0.15) is 9.04 Å². The molecule has 0 radical (unpaired) electrons. The molecule has 11 nitrogen and oxygen atoms in total. The highest BCUT2D eigenvalue weighted by molar-refractivity contribution is 7.89. The number of nitrogens with zero attached hydrogens (tertiary/aromatic N) is 2. The van der Waals surface area contributed by atoms with Crippen LogP contribution in [0.1, 0.15) is 68.0 Å². The number of thiophene rings is 1. The van der Waals surface area contributed by atoms with Gasteiger partial charge >= 0.3 is 15.0 Å². The average molecular weight is 593 g/mol. The molecule has 2 atom stereocenters. The first-order valence-corrected chi connectivity index (χ1v) is 16.0. The third-order valence-corrected chi connectivity index (χ3v) is 10.1. The van der Waals surface area contributed by atoms with Gasteiger partial charge in [0.15, 0.2) is 12.0 Å². The van der Waals surface area contributed by atoms with Gasteiger partial charge in [-0.25, -0.2) is 8.42 Å². The van der Waals surface area contributed by atoms with E-state index in [1.54, 1.807) is 11.4 Å². The number of nitrogens with one attached hydrogen (secondary N) is 2. The quantitative estimate of drug-likeness (QED) is 0.318. The van der Waals surface area contributed by atoms with Gasteiger partial charge in [0, 0.05) is 18.7 Å².